The van der Waals surface area contributed by atoms with E-state index in [1.165, 1.54) is 37.7 Å². The van der Waals surface area contributed by atoms with Gasteiger partial charge in [-0.1, -0.05) is 89.3 Å². The number of hydrogen-bond donors (Lipinski definition) is 2. The first-order chi connectivity index (χ1) is 15.8. The third-order valence-corrected chi connectivity index (χ3v) is 7.29. The van der Waals surface area contributed by atoms with Crippen molar-refractivity contribution in [3.63, 3.8) is 0 Å². The topological polar surface area (TPSA) is 62.0 Å². The molecule has 2 aromatic rings. The van der Waals surface area contributed by atoms with E-state index in [1.54, 1.807) is 0 Å². The van der Waals surface area contributed by atoms with E-state index in [1.807, 2.05) is 12.1 Å². The molecule has 2 aliphatic rings. The van der Waals surface area contributed by atoms with Crippen LogP contribution < -0.4 is 10.9 Å². The van der Waals surface area contributed by atoms with Gasteiger partial charge in [-0.25, -0.2) is 0 Å². The van der Waals surface area contributed by atoms with Gasteiger partial charge >= 0.3 is 0 Å². The Morgan fingerprint density at radius 1 is 0.970 bits per heavy atom. The molecule has 4 nitrogen and oxygen atoms in total. The van der Waals surface area contributed by atoms with Gasteiger partial charge in [0.1, 0.15) is 0 Å². The summed E-state index contributed by atoms with van der Waals surface area (Å²) in [6, 6.07) is 12.6. The van der Waals surface area contributed by atoms with Crippen LogP contribution in [0.5, 0.6) is 0 Å². The van der Waals surface area contributed by atoms with Gasteiger partial charge in [-0.05, 0) is 47.8 Å². The van der Waals surface area contributed by atoms with E-state index in [2.05, 4.69) is 61.4 Å². The standard InChI is InChI=1S/C29H38N2O2/c1-29(2,3)23-14-11-21(12-15-23)25(19-24-16-18-27(32)30-24)26-17-13-22(28(33)31-26)10-9-20-7-5-4-6-8-20/h11-15,17,19-20,24H,4-10,16,18H2,1-3H3,(H,30,32)(H,31,33)/b25-19+/t24-/m1/s1. The highest BCUT2D eigenvalue weighted by molar-refractivity contribution is 5.82. The maximum Gasteiger partial charge on any atom is 0.251 e. The van der Waals surface area contributed by atoms with Crippen LogP contribution in [0.1, 0.15) is 94.5 Å². The fourth-order valence-electron chi connectivity index (χ4n) is 5.15. The fraction of sp³-hybridized carbons (Fsp3) is 0.517. The number of aryl methyl sites for hydroxylation is 1. The van der Waals surface area contributed by atoms with Crippen molar-refractivity contribution in [3.8, 4) is 0 Å². The Labute approximate surface area is 197 Å². The molecule has 1 aromatic heterocycles. The number of benzene rings is 1. The largest absolute Gasteiger partial charge is 0.350 e. The lowest BCUT2D eigenvalue weighted by atomic mass is 9.85. The quantitative estimate of drug-likeness (QED) is 0.581. The number of nitrogens with one attached hydrogen (secondary N) is 2. The Morgan fingerprint density at radius 2 is 1.70 bits per heavy atom. The summed E-state index contributed by atoms with van der Waals surface area (Å²) in [5.74, 6) is 0.853. The number of carbonyl (C=O) groups is 1. The van der Waals surface area contributed by atoms with Crippen LogP contribution in [0.25, 0.3) is 5.57 Å². The van der Waals surface area contributed by atoms with Gasteiger partial charge in [0.15, 0.2) is 0 Å². The van der Waals surface area contributed by atoms with E-state index in [0.717, 1.165) is 47.6 Å². The molecule has 1 aliphatic heterocycles. The Hall–Kier alpha value is -2.62. The summed E-state index contributed by atoms with van der Waals surface area (Å²) in [6.07, 6.45) is 12.0. The molecule has 0 bridgehead atoms. The summed E-state index contributed by atoms with van der Waals surface area (Å²) < 4.78 is 0. The second-order valence-electron chi connectivity index (χ2n) is 10.9. The first kappa shape index (κ1) is 23.5. The molecule has 1 saturated heterocycles. The van der Waals surface area contributed by atoms with Crippen LogP contribution >= 0.6 is 0 Å². The molecule has 4 heteroatoms. The minimum Gasteiger partial charge on any atom is -0.350 e. The van der Waals surface area contributed by atoms with Crippen LogP contribution in [0.15, 0.2) is 47.3 Å². The normalized spacial score (nSPS) is 20.2. The van der Waals surface area contributed by atoms with Crippen molar-refractivity contribution in [2.24, 2.45) is 5.92 Å². The summed E-state index contributed by atoms with van der Waals surface area (Å²) in [7, 11) is 0. The molecule has 33 heavy (non-hydrogen) atoms. The molecule has 1 aromatic carbocycles. The summed E-state index contributed by atoms with van der Waals surface area (Å²) in [5, 5.41) is 3.03. The highest BCUT2D eigenvalue weighted by atomic mass is 16.2. The number of aromatic amines is 1. The van der Waals surface area contributed by atoms with Crippen LogP contribution in [-0.2, 0) is 16.6 Å². The van der Waals surface area contributed by atoms with Crippen LogP contribution in [0.4, 0.5) is 0 Å². The Bertz CT molecular complexity index is 1050. The van der Waals surface area contributed by atoms with Gasteiger partial charge in [-0.2, -0.15) is 0 Å². The lowest BCUT2D eigenvalue weighted by Gasteiger charge is -2.21. The van der Waals surface area contributed by atoms with Crippen LogP contribution in [-0.4, -0.2) is 16.9 Å². The van der Waals surface area contributed by atoms with E-state index in [-0.39, 0.29) is 22.9 Å². The summed E-state index contributed by atoms with van der Waals surface area (Å²) in [5.41, 5.74) is 5.07. The van der Waals surface area contributed by atoms with E-state index < -0.39 is 0 Å². The van der Waals surface area contributed by atoms with E-state index >= 15 is 0 Å². The average Bonchev–Trinajstić information content (AvgIpc) is 3.21. The second-order valence-corrected chi connectivity index (χ2v) is 10.9. The lowest BCUT2D eigenvalue weighted by Crippen LogP contribution is -2.24. The zero-order valence-electron chi connectivity index (χ0n) is 20.4. The first-order valence-electron chi connectivity index (χ1n) is 12.6. The van der Waals surface area contributed by atoms with E-state index in [9.17, 15) is 9.59 Å². The molecular formula is C29H38N2O2. The average molecular weight is 447 g/mol. The van der Waals surface area contributed by atoms with Gasteiger partial charge in [-0.3, -0.25) is 9.59 Å². The van der Waals surface area contributed by atoms with E-state index in [4.69, 9.17) is 0 Å². The zero-order valence-corrected chi connectivity index (χ0v) is 20.4. The number of rotatable bonds is 6. The molecule has 1 atom stereocenters. The molecule has 1 saturated carbocycles. The zero-order chi connectivity index (χ0) is 23.4. The van der Waals surface area contributed by atoms with Crippen LogP contribution in [0, 0.1) is 5.92 Å². The van der Waals surface area contributed by atoms with Crippen molar-refractivity contribution in [1.29, 1.82) is 0 Å². The number of H-pyrrole nitrogens is 1. The van der Waals surface area contributed by atoms with Gasteiger partial charge in [0.25, 0.3) is 5.56 Å². The van der Waals surface area contributed by atoms with Crippen LogP contribution in [0.2, 0.25) is 0 Å². The summed E-state index contributed by atoms with van der Waals surface area (Å²) in [4.78, 5) is 27.9. The Morgan fingerprint density at radius 3 is 2.30 bits per heavy atom. The molecule has 0 radical (unpaired) electrons. The minimum atomic E-state index is -0.00993. The SMILES string of the molecule is CC(C)(C)c1ccc(/C(=C\[C@H]2CCC(=O)N2)c2ccc(CCC3CCCCC3)c(=O)[nH]2)cc1. The minimum absolute atomic E-state index is 0.00993. The molecule has 0 unspecified atom stereocenters. The fourth-order valence-corrected chi connectivity index (χ4v) is 5.15. The molecule has 2 heterocycles. The number of amides is 1. The van der Waals surface area contributed by atoms with Crippen molar-refractivity contribution in [1.82, 2.24) is 10.3 Å². The molecule has 176 valence electrons. The van der Waals surface area contributed by atoms with Crippen molar-refractivity contribution < 1.29 is 4.79 Å². The highest BCUT2D eigenvalue weighted by Crippen LogP contribution is 2.29. The predicted octanol–water partition coefficient (Wildman–Crippen LogP) is 5.90. The number of pyridine rings is 1. The van der Waals surface area contributed by atoms with E-state index in [0.29, 0.717) is 6.42 Å². The van der Waals surface area contributed by atoms with Gasteiger partial charge in [-0.15, -0.1) is 0 Å². The Balaban J connectivity index is 1.60. The third kappa shape index (κ3) is 6.04. The molecule has 1 amide bonds. The maximum atomic E-state index is 13.0. The lowest BCUT2D eigenvalue weighted by molar-refractivity contribution is -0.119. The second kappa shape index (κ2) is 10.1. The predicted molar refractivity (Wildman–Crippen MR) is 135 cm³/mol. The molecule has 2 fully saturated rings. The molecule has 1 aliphatic carbocycles. The van der Waals surface area contributed by atoms with Gasteiger partial charge in [0.2, 0.25) is 5.91 Å². The smallest absolute Gasteiger partial charge is 0.251 e. The summed E-state index contributed by atoms with van der Waals surface area (Å²) in [6.45, 7) is 6.61. The molecule has 0 spiro atoms. The molecule has 4 rings (SSSR count). The van der Waals surface area contributed by atoms with Crippen molar-refractivity contribution >= 4 is 11.5 Å². The molecular weight excluding hydrogens is 408 g/mol. The monoisotopic (exact) mass is 446 g/mol. The number of aromatic nitrogens is 1. The maximum absolute atomic E-state index is 13.0. The molecule has 2 N–H and O–H groups in total. The van der Waals surface area contributed by atoms with Gasteiger partial charge in [0.05, 0.1) is 0 Å². The summed E-state index contributed by atoms with van der Waals surface area (Å²) >= 11 is 0. The first-order valence-corrected chi connectivity index (χ1v) is 12.6. The van der Waals surface area contributed by atoms with Gasteiger partial charge in [0, 0.05) is 29.3 Å². The van der Waals surface area contributed by atoms with Crippen molar-refractivity contribution in [3.05, 3.63) is 75.2 Å². The van der Waals surface area contributed by atoms with Crippen LogP contribution in [0.3, 0.4) is 0 Å². The number of hydrogen-bond acceptors (Lipinski definition) is 2. The Kier molecular flexibility index (Phi) is 7.21. The highest BCUT2D eigenvalue weighted by Gasteiger charge is 2.21. The third-order valence-electron chi connectivity index (χ3n) is 7.29. The number of carbonyl (C=O) groups excluding carboxylic acids is 1. The van der Waals surface area contributed by atoms with Crippen molar-refractivity contribution in [2.75, 3.05) is 0 Å². The van der Waals surface area contributed by atoms with Gasteiger partial charge < -0.3 is 10.3 Å². The van der Waals surface area contributed by atoms with Crippen molar-refractivity contribution in [2.45, 2.75) is 90.0 Å².